The van der Waals surface area contributed by atoms with Crippen molar-refractivity contribution in [1.29, 1.82) is 5.26 Å². The number of anilines is 2. The maximum Gasteiger partial charge on any atom is 0.227 e. The Balaban J connectivity index is 1.53. The van der Waals surface area contributed by atoms with E-state index in [1.807, 2.05) is 36.4 Å². The summed E-state index contributed by atoms with van der Waals surface area (Å²) < 4.78 is 11.4. The minimum atomic E-state index is 0.00171. The molecule has 1 aliphatic heterocycles. The average Bonchev–Trinajstić information content (AvgIpc) is 2.81. The molecule has 1 fully saturated rings. The van der Waals surface area contributed by atoms with Crippen molar-refractivity contribution in [1.82, 2.24) is 9.97 Å². The van der Waals surface area contributed by atoms with Gasteiger partial charge in [0.2, 0.25) is 5.95 Å². The Morgan fingerprint density at radius 1 is 1.13 bits per heavy atom. The monoisotopic (exact) mass is 402 g/mol. The van der Waals surface area contributed by atoms with Gasteiger partial charge in [-0.2, -0.15) is 5.26 Å². The summed E-state index contributed by atoms with van der Waals surface area (Å²) in [5.41, 5.74) is 3.65. The zero-order valence-electron chi connectivity index (χ0n) is 16.4. The molecule has 152 valence electrons. The molecule has 1 saturated heterocycles. The van der Waals surface area contributed by atoms with Crippen molar-refractivity contribution in [2.24, 2.45) is 0 Å². The highest BCUT2D eigenvalue weighted by Crippen LogP contribution is 2.28. The van der Waals surface area contributed by atoms with Crippen LogP contribution in [0.4, 0.5) is 11.6 Å². The normalized spacial score (nSPS) is 14.1. The van der Waals surface area contributed by atoms with Gasteiger partial charge in [-0.15, -0.1) is 0 Å². The molecule has 0 atom stereocenters. The Hall–Kier alpha value is -3.47. The SMILES string of the molecule is N#Cc1cc(-c2ccnc(Nc3ccc(CO)cc3)n2)ccc1OC1CCOCC1. The molecular weight excluding hydrogens is 380 g/mol. The summed E-state index contributed by atoms with van der Waals surface area (Å²) in [6, 6.07) is 16.9. The fraction of sp³-hybridized carbons (Fsp3) is 0.261. The van der Waals surface area contributed by atoms with Crippen LogP contribution >= 0.6 is 0 Å². The highest BCUT2D eigenvalue weighted by Gasteiger charge is 2.17. The second kappa shape index (κ2) is 9.35. The van der Waals surface area contributed by atoms with Crippen LogP contribution in [0.15, 0.2) is 54.7 Å². The van der Waals surface area contributed by atoms with Crippen LogP contribution in [0, 0.1) is 11.3 Å². The van der Waals surface area contributed by atoms with Crippen LogP contribution in [-0.4, -0.2) is 34.4 Å². The van der Waals surface area contributed by atoms with E-state index in [9.17, 15) is 5.26 Å². The first-order valence-electron chi connectivity index (χ1n) is 9.84. The Morgan fingerprint density at radius 3 is 2.67 bits per heavy atom. The Labute approximate surface area is 174 Å². The first kappa shape index (κ1) is 19.8. The molecule has 30 heavy (non-hydrogen) atoms. The van der Waals surface area contributed by atoms with E-state index in [0.29, 0.717) is 36.2 Å². The van der Waals surface area contributed by atoms with Gasteiger partial charge >= 0.3 is 0 Å². The number of benzene rings is 2. The maximum absolute atomic E-state index is 9.59. The topological polar surface area (TPSA) is 100 Å². The first-order valence-corrected chi connectivity index (χ1v) is 9.84. The third-order valence-electron chi connectivity index (χ3n) is 4.91. The number of hydrogen-bond donors (Lipinski definition) is 2. The molecule has 7 nitrogen and oxygen atoms in total. The molecular formula is C23H22N4O3. The summed E-state index contributed by atoms with van der Waals surface area (Å²) in [5.74, 6) is 1.04. The lowest BCUT2D eigenvalue weighted by Gasteiger charge is -2.23. The summed E-state index contributed by atoms with van der Waals surface area (Å²) in [6.07, 6.45) is 3.40. The van der Waals surface area contributed by atoms with Crippen molar-refractivity contribution in [2.45, 2.75) is 25.6 Å². The van der Waals surface area contributed by atoms with Crippen LogP contribution in [0.5, 0.6) is 5.75 Å². The maximum atomic E-state index is 9.59. The van der Waals surface area contributed by atoms with Crippen LogP contribution in [0.2, 0.25) is 0 Å². The van der Waals surface area contributed by atoms with Gasteiger partial charge in [-0.25, -0.2) is 9.97 Å². The van der Waals surface area contributed by atoms with E-state index in [2.05, 4.69) is 21.4 Å². The summed E-state index contributed by atoms with van der Waals surface area (Å²) >= 11 is 0. The summed E-state index contributed by atoms with van der Waals surface area (Å²) in [6.45, 7) is 1.37. The number of nitrogens with one attached hydrogen (secondary N) is 1. The van der Waals surface area contributed by atoms with Gasteiger partial charge in [-0.05, 0) is 42.0 Å². The van der Waals surface area contributed by atoms with E-state index in [1.165, 1.54) is 0 Å². The van der Waals surface area contributed by atoms with Crippen molar-refractivity contribution >= 4 is 11.6 Å². The van der Waals surface area contributed by atoms with Gasteiger partial charge in [0.25, 0.3) is 0 Å². The van der Waals surface area contributed by atoms with E-state index < -0.39 is 0 Å². The van der Waals surface area contributed by atoms with Crippen molar-refractivity contribution in [3.63, 3.8) is 0 Å². The molecule has 1 aromatic heterocycles. The number of nitrogens with zero attached hydrogens (tertiary/aromatic N) is 3. The number of aliphatic hydroxyl groups excluding tert-OH is 1. The van der Waals surface area contributed by atoms with Crippen LogP contribution < -0.4 is 10.1 Å². The lowest BCUT2D eigenvalue weighted by molar-refractivity contribution is 0.0254. The lowest BCUT2D eigenvalue weighted by atomic mass is 10.1. The Kier molecular flexibility index (Phi) is 6.18. The number of nitriles is 1. The summed E-state index contributed by atoms with van der Waals surface area (Å²) in [4.78, 5) is 8.83. The van der Waals surface area contributed by atoms with Crippen LogP contribution in [0.1, 0.15) is 24.0 Å². The smallest absolute Gasteiger partial charge is 0.227 e. The fourth-order valence-electron chi connectivity index (χ4n) is 3.26. The fourth-order valence-corrected chi connectivity index (χ4v) is 3.26. The molecule has 0 bridgehead atoms. The van der Waals surface area contributed by atoms with Crippen molar-refractivity contribution < 1.29 is 14.6 Å². The third kappa shape index (κ3) is 4.74. The molecule has 0 unspecified atom stereocenters. The number of hydrogen-bond acceptors (Lipinski definition) is 7. The molecule has 7 heteroatoms. The summed E-state index contributed by atoms with van der Waals surface area (Å²) in [5, 5.41) is 21.9. The van der Waals surface area contributed by atoms with Crippen molar-refractivity contribution in [3.05, 3.63) is 65.9 Å². The molecule has 0 amide bonds. The molecule has 2 N–H and O–H groups in total. The highest BCUT2D eigenvalue weighted by molar-refractivity contribution is 5.65. The number of ether oxygens (including phenoxy) is 2. The highest BCUT2D eigenvalue weighted by atomic mass is 16.5. The zero-order chi connectivity index (χ0) is 20.8. The van der Waals surface area contributed by atoms with Gasteiger partial charge in [0.05, 0.1) is 31.1 Å². The predicted molar refractivity (Wildman–Crippen MR) is 112 cm³/mol. The van der Waals surface area contributed by atoms with E-state index in [4.69, 9.17) is 14.6 Å². The van der Waals surface area contributed by atoms with Crippen molar-refractivity contribution in [3.8, 4) is 23.1 Å². The molecule has 0 radical (unpaired) electrons. The molecule has 0 saturated carbocycles. The lowest BCUT2D eigenvalue weighted by Crippen LogP contribution is -2.26. The van der Waals surface area contributed by atoms with Gasteiger partial charge in [0.15, 0.2) is 0 Å². The zero-order valence-corrected chi connectivity index (χ0v) is 16.4. The van der Waals surface area contributed by atoms with Gasteiger partial charge in [0, 0.05) is 30.3 Å². The van der Waals surface area contributed by atoms with Crippen LogP contribution in [-0.2, 0) is 11.3 Å². The molecule has 1 aliphatic rings. The summed E-state index contributed by atoms with van der Waals surface area (Å²) in [7, 11) is 0. The Morgan fingerprint density at radius 2 is 1.93 bits per heavy atom. The molecule has 4 rings (SSSR count). The molecule has 2 heterocycles. The van der Waals surface area contributed by atoms with Crippen molar-refractivity contribution in [2.75, 3.05) is 18.5 Å². The van der Waals surface area contributed by atoms with Gasteiger partial charge in [-0.1, -0.05) is 12.1 Å². The Bertz CT molecular complexity index is 1040. The van der Waals surface area contributed by atoms with Gasteiger partial charge < -0.3 is 19.9 Å². The molecule has 0 spiro atoms. The molecule has 0 aliphatic carbocycles. The van der Waals surface area contributed by atoms with E-state index >= 15 is 0 Å². The van der Waals surface area contributed by atoms with E-state index in [0.717, 1.165) is 29.7 Å². The van der Waals surface area contributed by atoms with Gasteiger partial charge in [0.1, 0.15) is 17.9 Å². The van der Waals surface area contributed by atoms with Crippen LogP contribution in [0.25, 0.3) is 11.3 Å². The average molecular weight is 402 g/mol. The number of aromatic nitrogens is 2. The number of aliphatic hydroxyl groups is 1. The third-order valence-corrected chi connectivity index (χ3v) is 4.91. The number of rotatable bonds is 6. The first-order chi connectivity index (χ1) is 14.7. The van der Waals surface area contributed by atoms with Gasteiger partial charge in [-0.3, -0.25) is 0 Å². The minimum Gasteiger partial charge on any atom is -0.489 e. The largest absolute Gasteiger partial charge is 0.489 e. The molecule has 3 aromatic rings. The van der Waals surface area contributed by atoms with E-state index in [1.54, 1.807) is 18.3 Å². The van der Waals surface area contributed by atoms with E-state index in [-0.39, 0.29) is 12.7 Å². The van der Waals surface area contributed by atoms with Crippen LogP contribution in [0.3, 0.4) is 0 Å². The molecule has 2 aromatic carbocycles. The minimum absolute atomic E-state index is 0.00171. The second-order valence-electron chi connectivity index (χ2n) is 7.00. The standard InChI is InChI=1S/C23H22N4O3/c24-14-18-13-17(3-6-22(18)30-20-8-11-29-12-9-20)21-7-10-25-23(27-21)26-19-4-1-16(15-28)2-5-19/h1-7,10,13,20,28H,8-9,11-12,15H2,(H,25,26,27). The quantitative estimate of drug-likeness (QED) is 0.647. The predicted octanol–water partition coefficient (Wildman–Crippen LogP) is 3.81. The second-order valence-corrected chi connectivity index (χ2v) is 7.00.